The lowest BCUT2D eigenvalue weighted by Crippen LogP contribution is -2.12. The minimum Gasteiger partial charge on any atom is -0.322 e. The van der Waals surface area contributed by atoms with Crippen LogP contribution in [0.15, 0.2) is 46.9 Å². The predicted octanol–water partition coefficient (Wildman–Crippen LogP) is 4.90. The second kappa shape index (κ2) is 6.35. The molecule has 0 fully saturated rings. The molecule has 0 aliphatic carbocycles. The van der Waals surface area contributed by atoms with E-state index in [9.17, 15) is 4.79 Å². The topological polar surface area (TPSA) is 29.1 Å². The van der Waals surface area contributed by atoms with Crippen molar-refractivity contribution in [3.63, 3.8) is 0 Å². The molecule has 0 aliphatic heterocycles. The van der Waals surface area contributed by atoms with Crippen LogP contribution in [0.5, 0.6) is 0 Å². The van der Waals surface area contributed by atoms with E-state index in [2.05, 4.69) is 37.2 Å². The number of anilines is 1. The van der Waals surface area contributed by atoms with Gasteiger partial charge in [-0.3, -0.25) is 4.79 Å². The number of hydrogen-bond donors (Lipinski definition) is 1. The minimum atomic E-state index is -0.109. The van der Waals surface area contributed by atoms with Crippen molar-refractivity contribution in [1.82, 2.24) is 0 Å². The summed E-state index contributed by atoms with van der Waals surface area (Å²) in [4.78, 5) is 12.2. The molecular weight excluding hydrogens is 370 g/mol. The van der Waals surface area contributed by atoms with E-state index >= 15 is 0 Å². The summed E-state index contributed by atoms with van der Waals surface area (Å²) in [6.45, 7) is 1.97. The van der Waals surface area contributed by atoms with Gasteiger partial charge in [0.05, 0.1) is 5.56 Å². The third-order valence-corrected chi connectivity index (χ3v) is 4.07. The molecule has 98 valence electrons. The Hall–Kier alpha value is -1.13. The Morgan fingerprint density at radius 2 is 1.84 bits per heavy atom. The van der Waals surface area contributed by atoms with Crippen LogP contribution in [0.4, 0.5) is 5.69 Å². The van der Waals surface area contributed by atoms with Crippen LogP contribution in [-0.2, 0) is 5.33 Å². The van der Waals surface area contributed by atoms with Gasteiger partial charge < -0.3 is 5.32 Å². The standard InChI is InChI=1S/C15H13Br2NO/c1-10-2-7-14(17)13(8-10)15(19)18-12-5-3-11(9-16)4-6-12/h2-8H,9H2,1H3,(H,18,19). The van der Waals surface area contributed by atoms with Gasteiger partial charge in [-0.15, -0.1) is 0 Å². The number of nitrogens with one attached hydrogen (secondary N) is 1. The van der Waals surface area contributed by atoms with Gasteiger partial charge in [0.2, 0.25) is 0 Å². The van der Waals surface area contributed by atoms with Crippen molar-refractivity contribution in [2.75, 3.05) is 5.32 Å². The van der Waals surface area contributed by atoms with Crippen LogP contribution >= 0.6 is 31.9 Å². The lowest BCUT2D eigenvalue weighted by molar-refractivity contribution is 0.102. The van der Waals surface area contributed by atoms with Crippen molar-refractivity contribution in [2.45, 2.75) is 12.3 Å². The number of alkyl halides is 1. The number of aryl methyl sites for hydroxylation is 1. The fraction of sp³-hybridized carbons (Fsp3) is 0.133. The first-order valence-corrected chi connectivity index (χ1v) is 7.74. The molecule has 4 heteroatoms. The smallest absolute Gasteiger partial charge is 0.256 e. The Morgan fingerprint density at radius 1 is 1.16 bits per heavy atom. The van der Waals surface area contributed by atoms with Crippen molar-refractivity contribution in [3.05, 3.63) is 63.6 Å². The number of benzene rings is 2. The van der Waals surface area contributed by atoms with Crippen LogP contribution in [0.2, 0.25) is 0 Å². The van der Waals surface area contributed by atoms with Gasteiger partial charge in [0, 0.05) is 15.5 Å². The molecule has 0 saturated heterocycles. The van der Waals surface area contributed by atoms with E-state index in [1.165, 1.54) is 5.56 Å². The Morgan fingerprint density at radius 3 is 2.47 bits per heavy atom. The molecular formula is C15H13Br2NO. The van der Waals surface area contributed by atoms with Crippen LogP contribution in [0.1, 0.15) is 21.5 Å². The van der Waals surface area contributed by atoms with Gasteiger partial charge >= 0.3 is 0 Å². The second-order valence-corrected chi connectivity index (χ2v) is 5.68. The average Bonchev–Trinajstić information content (AvgIpc) is 2.42. The summed E-state index contributed by atoms with van der Waals surface area (Å²) in [5.74, 6) is -0.109. The summed E-state index contributed by atoms with van der Waals surface area (Å²) >= 11 is 6.79. The normalized spacial score (nSPS) is 10.3. The van der Waals surface area contributed by atoms with E-state index in [1.807, 2.05) is 49.4 Å². The summed E-state index contributed by atoms with van der Waals surface area (Å²) < 4.78 is 0.799. The van der Waals surface area contributed by atoms with E-state index in [1.54, 1.807) is 0 Å². The van der Waals surface area contributed by atoms with Gasteiger partial charge in [-0.1, -0.05) is 39.7 Å². The Balaban J connectivity index is 2.18. The zero-order valence-corrected chi connectivity index (χ0v) is 13.6. The molecule has 0 aliphatic rings. The fourth-order valence-electron chi connectivity index (χ4n) is 1.69. The predicted molar refractivity (Wildman–Crippen MR) is 85.9 cm³/mol. The highest BCUT2D eigenvalue weighted by atomic mass is 79.9. The highest BCUT2D eigenvalue weighted by molar-refractivity contribution is 9.10. The van der Waals surface area contributed by atoms with Gasteiger partial charge in [0.25, 0.3) is 5.91 Å². The largest absolute Gasteiger partial charge is 0.322 e. The van der Waals surface area contributed by atoms with E-state index in [4.69, 9.17) is 0 Å². The molecule has 0 bridgehead atoms. The zero-order chi connectivity index (χ0) is 13.8. The third kappa shape index (κ3) is 3.67. The molecule has 0 radical (unpaired) electrons. The van der Waals surface area contributed by atoms with Crippen molar-refractivity contribution in [1.29, 1.82) is 0 Å². The Kier molecular flexibility index (Phi) is 4.77. The number of rotatable bonds is 3. The van der Waals surface area contributed by atoms with Gasteiger partial charge in [-0.05, 0) is 52.7 Å². The fourth-order valence-corrected chi connectivity index (χ4v) is 2.49. The Labute approximate surface area is 129 Å². The summed E-state index contributed by atoms with van der Waals surface area (Å²) in [5, 5.41) is 3.70. The van der Waals surface area contributed by atoms with Crippen molar-refractivity contribution >= 4 is 43.5 Å². The maximum atomic E-state index is 12.2. The highest BCUT2D eigenvalue weighted by Crippen LogP contribution is 2.20. The molecule has 0 atom stereocenters. The minimum absolute atomic E-state index is 0.109. The number of amides is 1. The van der Waals surface area contributed by atoms with Gasteiger partial charge in [-0.2, -0.15) is 0 Å². The number of hydrogen-bond acceptors (Lipinski definition) is 1. The van der Waals surface area contributed by atoms with Gasteiger partial charge in [0.1, 0.15) is 0 Å². The molecule has 2 nitrogen and oxygen atoms in total. The van der Waals surface area contributed by atoms with Crippen LogP contribution in [0, 0.1) is 6.92 Å². The lowest BCUT2D eigenvalue weighted by Gasteiger charge is -2.08. The molecule has 2 aromatic carbocycles. The van der Waals surface area contributed by atoms with E-state index in [0.29, 0.717) is 5.56 Å². The lowest BCUT2D eigenvalue weighted by atomic mass is 10.1. The monoisotopic (exact) mass is 381 g/mol. The number of carbonyl (C=O) groups is 1. The first-order valence-electron chi connectivity index (χ1n) is 5.82. The molecule has 2 rings (SSSR count). The van der Waals surface area contributed by atoms with Crippen molar-refractivity contribution in [2.24, 2.45) is 0 Å². The molecule has 0 heterocycles. The number of carbonyl (C=O) groups excluding carboxylic acids is 1. The van der Waals surface area contributed by atoms with E-state index < -0.39 is 0 Å². The van der Waals surface area contributed by atoms with Crippen molar-refractivity contribution < 1.29 is 4.79 Å². The molecule has 1 N–H and O–H groups in total. The zero-order valence-electron chi connectivity index (χ0n) is 10.4. The second-order valence-electron chi connectivity index (χ2n) is 4.27. The van der Waals surface area contributed by atoms with Gasteiger partial charge in [-0.25, -0.2) is 0 Å². The van der Waals surface area contributed by atoms with Gasteiger partial charge in [0.15, 0.2) is 0 Å². The summed E-state index contributed by atoms with van der Waals surface area (Å²) in [6.07, 6.45) is 0. The maximum Gasteiger partial charge on any atom is 0.256 e. The molecule has 1 amide bonds. The molecule has 19 heavy (non-hydrogen) atoms. The molecule has 0 spiro atoms. The van der Waals surface area contributed by atoms with Crippen LogP contribution in [-0.4, -0.2) is 5.91 Å². The van der Waals surface area contributed by atoms with Crippen LogP contribution < -0.4 is 5.32 Å². The molecule has 0 saturated carbocycles. The van der Waals surface area contributed by atoms with E-state index in [0.717, 1.165) is 21.1 Å². The first-order chi connectivity index (χ1) is 9.10. The molecule has 2 aromatic rings. The quantitative estimate of drug-likeness (QED) is 0.751. The average molecular weight is 383 g/mol. The SMILES string of the molecule is Cc1ccc(Br)c(C(=O)Nc2ccc(CBr)cc2)c1. The van der Waals surface area contributed by atoms with Crippen LogP contribution in [0.3, 0.4) is 0 Å². The number of halogens is 2. The Bertz CT molecular complexity index is 594. The van der Waals surface area contributed by atoms with Crippen molar-refractivity contribution in [3.8, 4) is 0 Å². The highest BCUT2D eigenvalue weighted by Gasteiger charge is 2.10. The third-order valence-electron chi connectivity index (χ3n) is 2.73. The van der Waals surface area contributed by atoms with E-state index in [-0.39, 0.29) is 5.91 Å². The summed E-state index contributed by atoms with van der Waals surface area (Å²) in [7, 11) is 0. The maximum absolute atomic E-state index is 12.2. The summed E-state index contributed by atoms with van der Waals surface area (Å²) in [6, 6.07) is 13.5. The van der Waals surface area contributed by atoms with Crippen LogP contribution in [0.25, 0.3) is 0 Å². The first kappa shape index (κ1) is 14.3. The summed E-state index contributed by atoms with van der Waals surface area (Å²) in [5.41, 5.74) is 3.67. The molecule has 0 aromatic heterocycles. The molecule has 0 unspecified atom stereocenters.